The van der Waals surface area contributed by atoms with E-state index >= 15 is 0 Å². The van der Waals surface area contributed by atoms with Gasteiger partial charge in [-0.2, -0.15) is 0 Å². The molecule has 0 fully saturated rings. The molecule has 0 spiro atoms. The molecule has 19 heavy (non-hydrogen) atoms. The van der Waals surface area contributed by atoms with Gasteiger partial charge in [-0.15, -0.1) is 11.3 Å². The molecule has 0 amide bonds. The van der Waals surface area contributed by atoms with Crippen LogP contribution in [0.2, 0.25) is 0 Å². The number of hydrogen-bond donors (Lipinski definition) is 2. The molecule has 3 nitrogen and oxygen atoms in total. The van der Waals surface area contributed by atoms with Gasteiger partial charge in [-0.3, -0.25) is 4.79 Å². The first-order chi connectivity index (χ1) is 9.11. The van der Waals surface area contributed by atoms with Crippen molar-refractivity contribution in [1.29, 1.82) is 0 Å². The summed E-state index contributed by atoms with van der Waals surface area (Å²) in [4.78, 5) is 12.3. The van der Waals surface area contributed by atoms with Crippen LogP contribution in [0.3, 0.4) is 0 Å². The summed E-state index contributed by atoms with van der Waals surface area (Å²) in [6.07, 6.45) is 0.481. The van der Waals surface area contributed by atoms with E-state index < -0.39 is 0 Å². The molecule has 0 aliphatic rings. The van der Waals surface area contributed by atoms with Crippen LogP contribution in [-0.4, -0.2) is 5.78 Å². The third kappa shape index (κ3) is 3.36. The van der Waals surface area contributed by atoms with Crippen LogP contribution in [0.25, 0.3) is 0 Å². The topological polar surface area (TPSA) is 55.1 Å². The Morgan fingerprint density at radius 2 is 2.16 bits per heavy atom. The van der Waals surface area contributed by atoms with Crippen molar-refractivity contribution in [3.63, 3.8) is 0 Å². The number of nitrogens with two attached hydrogens (primary N) is 1. The number of Topliss-reactive ketones (excluding diaryl/α,β-unsaturated/α-hetero) is 1. The molecule has 0 unspecified atom stereocenters. The predicted molar refractivity (Wildman–Crippen MR) is 84.8 cm³/mol. The zero-order chi connectivity index (χ0) is 13.8. The van der Waals surface area contributed by atoms with Gasteiger partial charge in [0.2, 0.25) is 0 Å². The number of thiophene rings is 1. The van der Waals surface area contributed by atoms with E-state index in [1.807, 2.05) is 37.3 Å². The van der Waals surface area contributed by atoms with Gasteiger partial charge in [0, 0.05) is 17.4 Å². The van der Waals surface area contributed by atoms with Crippen molar-refractivity contribution in [3.8, 4) is 0 Å². The molecule has 0 aliphatic carbocycles. The smallest absolute Gasteiger partial charge is 0.174 e. The summed E-state index contributed by atoms with van der Waals surface area (Å²) < 4.78 is 1.07. The lowest BCUT2D eigenvalue weighted by Crippen LogP contribution is -1.98. The number of carbonyl (C=O) groups excluding carboxylic acids is 1. The van der Waals surface area contributed by atoms with Crippen LogP contribution in [0, 0.1) is 0 Å². The monoisotopic (exact) mass is 338 g/mol. The first-order valence-corrected chi connectivity index (χ1v) is 7.62. The highest BCUT2D eigenvalue weighted by Crippen LogP contribution is 2.31. The maximum atomic E-state index is 11.7. The van der Waals surface area contributed by atoms with Gasteiger partial charge in [0.15, 0.2) is 5.78 Å². The summed E-state index contributed by atoms with van der Waals surface area (Å²) in [5, 5.41) is 4.22. The van der Waals surface area contributed by atoms with Crippen molar-refractivity contribution in [2.45, 2.75) is 19.9 Å². The Kier molecular flexibility index (Phi) is 4.61. The molecule has 0 saturated heterocycles. The maximum Gasteiger partial charge on any atom is 0.174 e. The molecule has 2 aromatic rings. The Hall–Kier alpha value is -1.33. The van der Waals surface area contributed by atoms with Gasteiger partial charge < -0.3 is 11.1 Å². The molecule has 0 saturated carbocycles. The van der Waals surface area contributed by atoms with Gasteiger partial charge >= 0.3 is 0 Å². The van der Waals surface area contributed by atoms with E-state index in [4.69, 9.17) is 5.73 Å². The fraction of sp³-hybridized carbons (Fsp3) is 0.214. The Balaban J connectivity index is 2.09. The number of hydrogen-bond acceptors (Lipinski definition) is 4. The lowest BCUT2D eigenvalue weighted by Gasteiger charge is -2.05. The molecular formula is C14H15BrN2OS. The molecule has 0 atom stereocenters. The van der Waals surface area contributed by atoms with Gasteiger partial charge in [-0.05, 0) is 17.7 Å². The maximum absolute atomic E-state index is 11.7. The SMILES string of the molecule is CCC(=O)c1sc(NCc2ccccc2Br)cc1N. The molecule has 3 N–H and O–H groups in total. The van der Waals surface area contributed by atoms with E-state index in [-0.39, 0.29) is 5.78 Å². The van der Waals surface area contributed by atoms with Crippen molar-refractivity contribution in [2.75, 3.05) is 11.1 Å². The van der Waals surface area contributed by atoms with Crippen molar-refractivity contribution in [2.24, 2.45) is 0 Å². The second kappa shape index (κ2) is 6.21. The van der Waals surface area contributed by atoms with E-state index in [0.29, 0.717) is 23.5 Å². The van der Waals surface area contributed by atoms with Crippen molar-refractivity contribution in [3.05, 3.63) is 45.2 Å². The molecule has 100 valence electrons. The highest BCUT2D eigenvalue weighted by Gasteiger charge is 2.12. The number of anilines is 2. The minimum Gasteiger partial charge on any atom is -0.397 e. The van der Waals surface area contributed by atoms with E-state index in [1.165, 1.54) is 11.3 Å². The molecule has 5 heteroatoms. The summed E-state index contributed by atoms with van der Waals surface area (Å²) in [7, 11) is 0. The molecule has 1 aromatic heterocycles. The minimum absolute atomic E-state index is 0.0939. The number of benzene rings is 1. The standard InChI is InChI=1S/C14H15BrN2OS/c1-2-12(18)14-11(16)7-13(19-14)17-8-9-5-3-4-6-10(9)15/h3-7,17H,2,8,16H2,1H3. The number of nitrogen functional groups attached to an aromatic ring is 1. The average molecular weight is 339 g/mol. The first kappa shape index (κ1) is 14.1. The van der Waals surface area contributed by atoms with Crippen molar-refractivity contribution in [1.82, 2.24) is 0 Å². The number of ketones is 1. The minimum atomic E-state index is 0.0939. The van der Waals surface area contributed by atoms with E-state index in [9.17, 15) is 4.79 Å². The number of halogens is 1. The van der Waals surface area contributed by atoms with Crippen LogP contribution < -0.4 is 11.1 Å². The van der Waals surface area contributed by atoms with Crippen LogP contribution in [0.1, 0.15) is 28.6 Å². The van der Waals surface area contributed by atoms with Crippen LogP contribution in [-0.2, 0) is 6.54 Å². The molecule has 1 heterocycles. The van der Waals surface area contributed by atoms with E-state index in [1.54, 1.807) is 0 Å². The third-order valence-corrected chi connectivity index (χ3v) is 4.67. The summed E-state index contributed by atoms with van der Waals surface area (Å²) in [6, 6.07) is 9.85. The molecule has 0 aliphatic heterocycles. The molecule has 0 radical (unpaired) electrons. The number of nitrogens with one attached hydrogen (secondary N) is 1. The van der Waals surface area contributed by atoms with E-state index in [0.717, 1.165) is 15.0 Å². The Morgan fingerprint density at radius 1 is 1.42 bits per heavy atom. The summed E-state index contributed by atoms with van der Waals surface area (Å²) in [5.41, 5.74) is 7.58. The zero-order valence-electron chi connectivity index (χ0n) is 10.6. The third-order valence-electron chi connectivity index (χ3n) is 2.75. The van der Waals surface area contributed by atoms with Crippen LogP contribution in [0.4, 0.5) is 10.7 Å². The van der Waals surface area contributed by atoms with Crippen LogP contribution >= 0.6 is 27.3 Å². The highest BCUT2D eigenvalue weighted by molar-refractivity contribution is 9.10. The van der Waals surface area contributed by atoms with Gasteiger partial charge in [0.05, 0.1) is 15.6 Å². The van der Waals surface area contributed by atoms with Crippen molar-refractivity contribution >= 4 is 43.7 Å². The Morgan fingerprint density at radius 3 is 2.84 bits per heavy atom. The summed E-state index contributed by atoms with van der Waals surface area (Å²) >= 11 is 4.92. The first-order valence-electron chi connectivity index (χ1n) is 6.01. The largest absolute Gasteiger partial charge is 0.397 e. The lowest BCUT2D eigenvalue weighted by molar-refractivity contribution is 0.0993. The molecule has 2 rings (SSSR count). The lowest BCUT2D eigenvalue weighted by atomic mass is 10.2. The second-order valence-corrected chi connectivity index (χ2v) is 6.02. The quantitative estimate of drug-likeness (QED) is 0.799. The second-order valence-electron chi connectivity index (χ2n) is 4.12. The van der Waals surface area contributed by atoms with E-state index in [2.05, 4.69) is 21.2 Å². The van der Waals surface area contributed by atoms with Crippen molar-refractivity contribution < 1.29 is 4.79 Å². The van der Waals surface area contributed by atoms with Gasteiger partial charge in [0.25, 0.3) is 0 Å². The zero-order valence-corrected chi connectivity index (χ0v) is 13.0. The highest BCUT2D eigenvalue weighted by atomic mass is 79.9. The Bertz CT molecular complexity index is 595. The van der Waals surface area contributed by atoms with Crippen LogP contribution in [0.5, 0.6) is 0 Å². The average Bonchev–Trinajstić information content (AvgIpc) is 2.78. The van der Waals surface area contributed by atoms with Gasteiger partial charge in [0.1, 0.15) is 0 Å². The predicted octanol–water partition coefficient (Wildman–Crippen LogP) is 4.30. The van der Waals surface area contributed by atoms with Gasteiger partial charge in [-0.1, -0.05) is 41.1 Å². The van der Waals surface area contributed by atoms with Gasteiger partial charge in [-0.25, -0.2) is 0 Å². The number of carbonyl (C=O) groups is 1. The fourth-order valence-corrected chi connectivity index (χ4v) is 3.10. The fourth-order valence-electron chi connectivity index (χ4n) is 1.69. The Labute approximate surface area is 125 Å². The molecule has 0 bridgehead atoms. The summed E-state index contributed by atoms with van der Waals surface area (Å²) in [6.45, 7) is 2.54. The molecular weight excluding hydrogens is 324 g/mol. The summed E-state index contributed by atoms with van der Waals surface area (Å²) in [5.74, 6) is 0.0939. The normalized spacial score (nSPS) is 10.4. The molecule has 1 aromatic carbocycles. The van der Waals surface area contributed by atoms with Crippen LogP contribution in [0.15, 0.2) is 34.8 Å². The number of rotatable bonds is 5.